The van der Waals surface area contributed by atoms with Crippen molar-refractivity contribution >= 4 is 23.1 Å². The van der Waals surface area contributed by atoms with Gasteiger partial charge in [-0.05, 0) is 29.8 Å². The molecule has 0 saturated heterocycles. The molecule has 146 valence electrons. The lowest BCUT2D eigenvalue weighted by Crippen LogP contribution is -2.22. The first-order valence-corrected chi connectivity index (χ1v) is 8.99. The fourth-order valence-corrected chi connectivity index (χ4v) is 3.04. The third kappa shape index (κ3) is 3.83. The lowest BCUT2D eigenvalue weighted by molar-refractivity contribution is 0.274. The van der Waals surface area contributed by atoms with E-state index < -0.39 is 0 Å². The molecule has 0 unspecified atom stereocenters. The van der Waals surface area contributed by atoms with Crippen molar-refractivity contribution in [3.05, 3.63) is 76.5 Å². The summed E-state index contributed by atoms with van der Waals surface area (Å²) < 4.78 is 16.1. The van der Waals surface area contributed by atoms with Crippen LogP contribution in [0.3, 0.4) is 0 Å². The molecule has 0 radical (unpaired) electrons. The van der Waals surface area contributed by atoms with Gasteiger partial charge in [0.15, 0.2) is 0 Å². The van der Waals surface area contributed by atoms with Gasteiger partial charge in [-0.2, -0.15) is 5.10 Å². The summed E-state index contributed by atoms with van der Waals surface area (Å²) in [4.78, 5) is 21.9. The Morgan fingerprint density at radius 2 is 2.00 bits per heavy atom. The molecular weight excluding hydrogens is 373 g/mol. The Morgan fingerprint density at radius 1 is 1.21 bits per heavy atom. The molecule has 1 aromatic carbocycles. The number of fused-ring (bicyclic) bond motifs is 1. The van der Waals surface area contributed by atoms with E-state index in [1.54, 1.807) is 54.5 Å². The standard InChI is InChI=1S/C21H18FN5O2/c1-26-12-15(11-24-26)19-20-18(21(29)27(8-9-28)13-23-20)10-17(25-19)7-4-14-2-5-16(22)6-3-14/h2-7,10-13,28H,8-9H2,1H3/b7-4+. The molecule has 0 aliphatic rings. The quantitative estimate of drug-likeness (QED) is 0.565. The number of aliphatic hydroxyl groups is 1. The molecule has 1 N–H and O–H groups in total. The molecule has 8 heteroatoms. The van der Waals surface area contributed by atoms with Gasteiger partial charge in [0.1, 0.15) is 17.0 Å². The van der Waals surface area contributed by atoms with E-state index in [0.717, 1.165) is 11.1 Å². The summed E-state index contributed by atoms with van der Waals surface area (Å²) in [5.41, 5.74) is 2.86. The normalized spacial score (nSPS) is 11.6. The second kappa shape index (κ2) is 7.76. The Bertz CT molecular complexity index is 1260. The Morgan fingerprint density at radius 3 is 2.69 bits per heavy atom. The van der Waals surface area contributed by atoms with Gasteiger partial charge in [0.2, 0.25) is 0 Å². The Balaban J connectivity index is 1.88. The van der Waals surface area contributed by atoms with Crippen molar-refractivity contribution in [1.82, 2.24) is 24.3 Å². The van der Waals surface area contributed by atoms with Gasteiger partial charge in [-0.1, -0.05) is 18.2 Å². The maximum absolute atomic E-state index is 13.1. The monoisotopic (exact) mass is 391 g/mol. The predicted molar refractivity (Wildman–Crippen MR) is 108 cm³/mol. The molecular formula is C21H18FN5O2. The second-order valence-corrected chi connectivity index (χ2v) is 6.55. The lowest BCUT2D eigenvalue weighted by atomic mass is 10.1. The first-order chi connectivity index (χ1) is 14.0. The molecule has 3 aromatic heterocycles. The zero-order valence-electron chi connectivity index (χ0n) is 15.7. The van der Waals surface area contributed by atoms with Gasteiger partial charge in [0.25, 0.3) is 5.56 Å². The number of aliphatic hydroxyl groups excluding tert-OH is 1. The molecule has 0 atom stereocenters. The molecule has 3 heterocycles. The number of hydrogen-bond donors (Lipinski definition) is 1. The highest BCUT2D eigenvalue weighted by Gasteiger charge is 2.14. The van der Waals surface area contributed by atoms with E-state index in [2.05, 4.69) is 15.1 Å². The number of pyridine rings is 1. The third-order valence-corrected chi connectivity index (χ3v) is 4.47. The summed E-state index contributed by atoms with van der Waals surface area (Å²) in [6.07, 6.45) is 8.43. The van der Waals surface area contributed by atoms with Crippen LogP contribution in [-0.2, 0) is 13.6 Å². The minimum atomic E-state index is -0.305. The van der Waals surface area contributed by atoms with E-state index in [0.29, 0.717) is 22.3 Å². The van der Waals surface area contributed by atoms with Crippen LogP contribution < -0.4 is 5.56 Å². The van der Waals surface area contributed by atoms with Crippen molar-refractivity contribution in [2.45, 2.75) is 6.54 Å². The molecule has 0 aliphatic heterocycles. The minimum absolute atomic E-state index is 0.160. The van der Waals surface area contributed by atoms with Crippen LogP contribution in [0.4, 0.5) is 4.39 Å². The summed E-state index contributed by atoms with van der Waals surface area (Å²) in [5.74, 6) is -0.305. The van der Waals surface area contributed by atoms with Crippen LogP contribution >= 0.6 is 0 Å². The zero-order valence-corrected chi connectivity index (χ0v) is 15.7. The molecule has 4 aromatic rings. The molecule has 0 spiro atoms. The van der Waals surface area contributed by atoms with Crippen LogP contribution in [0.15, 0.2) is 53.8 Å². The number of hydrogen-bond acceptors (Lipinski definition) is 5. The van der Waals surface area contributed by atoms with E-state index in [1.807, 2.05) is 0 Å². The Labute approximate surface area is 165 Å². The van der Waals surface area contributed by atoms with Gasteiger partial charge in [-0.25, -0.2) is 14.4 Å². The average Bonchev–Trinajstić information content (AvgIpc) is 3.15. The van der Waals surface area contributed by atoms with Gasteiger partial charge in [-0.3, -0.25) is 14.0 Å². The summed E-state index contributed by atoms with van der Waals surface area (Å²) in [5, 5.41) is 13.8. The number of nitrogens with zero attached hydrogens (tertiary/aromatic N) is 5. The van der Waals surface area contributed by atoms with E-state index in [-0.39, 0.29) is 24.5 Å². The van der Waals surface area contributed by atoms with Crippen molar-refractivity contribution in [3.8, 4) is 11.3 Å². The van der Waals surface area contributed by atoms with Gasteiger partial charge in [0.05, 0.1) is 36.8 Å². The number of rotatable bonds is 5. The SMILES string of the molecule is Cn1cc(-c2nc(/C=C/c3ccc(F)cc3)cc3c(=O)n(CCO)cnc23)cn1. The van der Waals surface area contributed by atoms with Crippen LogP contribution in [0.2, 0.25) is 0 Å². The molecule has 0 bridgehead atoms. The number of benzene rings is 1. The van der Waals surface area contributed by atoms with E-state index >= 15 is 0 Å². The van der Waals surface area contributed by atoms with Crippen molar-refractivity contribution in [2.75, 3.05) is 6.61 Å². The largest absolute Gasteiger partial charge is 0.395 e. The first-order valence-electron chi connectivity index (χ1n) is 8.99. The van der Waals surface area contributed by atoms with E-state index in [9.17, 15) is 14.3 Å². The van der Waals surface area contributed by atoms with Crippen molar-refractivity contribution < 1.29 is 9.50 Å². The van der Waals surface area contributed by atoms with Crippen LogP contribution in [-0.4, -0.2) is 36.0 Å². The molecule has 0 amide bonds. The fraction of sp³-hybridized carbons (Fsp3) is 0.143. The fourth-order valence-electron chi connectivity index (χ4n) is 3.04. The van der Waals surface area contributed by atoms with Crippen LogP contribution in [0.25, 0.3) is 34.3 Å². The van der Waals surface area contributed by atoms with Crippen LogP contribution in [0.5, 0.6) is 0 Å². The Kier molecular flexibility index (Phi) is 5.01. The molecule has 4 rings (SSSR count). The second-order valence-electron chi connectivity index (χ2n) is 6.55. The van der Waals surface area contributed by atoms with Crippen LogP contribution in [0.1, 0.15) is 11.3 Å². The maximum atomic E-state index is 13.1. The molecule has 0 saturated carbocycles. The van der Waals surface area contributed by atoms with Gasteiger partial charge in [0, 0.05) is 18.8 Å². The smallest absolute Gasteiger partial charge is 0.261 e. The topological polar surface area (TPSA) is 85.8 Å². The summed E-state index contributed by atoms with van der Waals surface area (Å²) >= 11 is 0. The third-order valence-electron chi connectivity index (χ3n) is 4.47. The van der Waals surface area contributed by atoms with Crippen molar-refractivity contribution in [1.29, 1.82) is 0 Å². The van der Waals surface area contributed by atoms with Crippen molar-refractivity contribution in [2.24, 2.45) is 7.05 Å². The minimum Gasteiger partial charge on any atom is -0.395 e. The first kappa shape index (κ1) is 18.7. The van der Waals surface area contributed by atoms with Gasteiger partial charge in [-0.15, -0.1) is 0 Å². The highest BCUT2D eigenvalue weighted by molar-refractivity contribution is 5.92. The van der Waals surface area contributed by atoms with Gasteiger partial charge < -0.3 is 5.11 Å². The summed E-state index contributed by atoms with van der Waals surface area (Å²) in [6, 6.07) is 7.74. The lowest BCUT2D eigenvalue weighted by Gasteiger charge is -2.08. The number of aromatic nitrogens is 5. The van der Waals surface area contributed by atoms with E-state index in [4.69, 9.17) is 0 Å². The van der Waals surface area contributed by atoms with Crippen molar-refractivity contribution in [3.63, 3.8) is 0 Å². The highest BCUT2D eigenvalue weighted by atomic mass is 19.1. The summed E-state index contributed by atoms with van der Waals surface area (Å²) in [6.45, 7) is -0.00194. The van der Waals surface area contributed by atoms with E-state index in [1.165, 1.54) is 23.0 Å². The zero-order chi connectivity index (χ0) is 20.4. The average molecular weight is 391 g/mol. The Hall–Kier alpha value is -3.65. The molecule has 7 nitrogen and oxygen atoms in total. The highest BCUT2D eigenvalue weighted by Crippen LogP contribution is 2.25. The molecule has 0 aliphatic carbocycles. The maximum Gasteiger partial charge on any atom is 0.261 e. The van der Waals surface area contributed by atoms with Crippen LogP contribution in [0, 0.1) is 5.82 Å². The number of aryl methyl sites for hydroxylation is 1. The van der Waals surface area contributed by atoms with Gasteiger partial charge >= 0.3 is 0 Å². The number of halogens is 1. The summed E-state index contributed by atoms with van der Waals surface area (Å²) in [7, 11) is 1.80. The predicted octanol–water partition coefficient (Wildman–Crippen LogP) is 2.49. The molecule has 0 fully saturated rings. The molecule has 29 heavy (non-hydrogen) atoms.